The van der Waals surface area contributed by atoms with Crippen LogP contribution in [0.2, 0.25) is 0 Å². The molecule has 1 saturated heterocycles. The van der Waals surface area contributed by atoms with Gasteiger partial charge in [-0.1, -0.05) is 0 Å². The molecule has 0 aliphatic carbocycles. The summed E-state index contributed by atoms with van der Waals surface area (Å²) in [5.74, 6) is 0.478. The molecule has 1 aliphatic rings. The summed E-state index contributed by atoms with van der Waals surface area (Å²) in [4.78, 5) is 11.1. The molecule has 10 nitrogen and oxygen atoms in total. The fraction of sp³-hybridized carbons (Fsp3) is 0.462. The maximum atomic E-state index is 12.8. The molecule has 1 fully saturated rings. The molecule has 1 amide bonds. The van der Waals surface area contributed by atoms with E-state index in [4.69, 9.17) is 15.2 Å². The molecule has 1 heterocycles. The molecule has 2 N–H and O–H groups in total. The van der Waals surface area contributed by atoms with Crippen molar-refractivity contribution >= 4 is 26.1 Å². The van der Waals surface area contributed by atoms with Crippen molar-refractivity contribution in [2.75, 3.05) is 33.0 Å². The van der Waals surface area contributed by atoms with Crippen LogP contribution in [0.3, 0.4) is 0 Å². The number of primary amides is 1. The van der Waals surface area contributed by atoms with Crippen LogP contribution in [0.1, 0.15) is 0 Å². The van der Waals surface area contributed by atoms with E-state index in [0.29, 0.717) is 5.75 Å². The van der Waals surface area contributed by atoms with E-state index in [0.717, 1.165) is 14.9 Å². The minimum Gasteiger partial charge on any atom is -0.497 e. The van der Waals surface area contributed by atoms with Crippen molar-refractivity contribution in [3.05, 3.63) is 24.3 Å². The van der Waals surface area contributed by atoms with E-state index in [2.05, 4.69) is 0 Å². The summed E-state index contributed by atoms with van der Waals surface area (Å²) < 4.78 is 60.8. The summed E-state index contributed by atoms with van der Waals surface area (Å²) in [6.07, 6.45) is -1.56. The van der Waals surface area contributed by atoms with E-state index in [9.17, 15) is 21.6 Å². The summed E-state index contributed by atoms with van der Waals surface area (Å²) in [7, 11) is -6.15. The predicted octanol–water partition coefficient (Wildman–Crippen LogP) is -0.617. The van der Waals surface area contributed by atoms with Crippen molar-refractivity contribution < 1.29 is 31.1 Å². The summed E-state index contributed by atoms with van der Waals surface area (Å²) >= 11 is 0. The van der Waals surface area contributed by atoms with E-state index < -0.39 is 32.4 Å². The lowest BCUT2D eigenvalue weighted by molar-refractivity contribution is 0.00304. The zero-order chi connectivity index (χ0) is 18.8. The Bertz CT molecular complexity index is 837. The monoisotopic (exact) mass is 393 g/mol. The average molecular weight is 393 g/mol. The number of benzene rings is 1. The highest BCUT2D eigenvalue weighted by molar-refractivity contribution is 7.89. The molecule has 0 aromatic heterocycles. The Kier molecular flexibility index (Phi) is 5.56. The van der Waals surface area contributed by atoms with E-state index in [1.54, 1.807) is 0 Å². The number of carbonyl (C=O) groups excluding carboxylic acids is 1. The molecule has 0 bridgehead atoms. The van der Waals surface area contributed by atoms with Crippen LogP contribution in [-0.2, 0) is 24.8 Å². The quantitative estimate of drug-likeness (QED) is 0.704. The molecule has 0 spiro atoms. The van der Waals surface area contributed by atoms with Gasteiger partial charge in [-0.15, -0.1) is 0 Å². The first-order valence-electron chi connectivity index (χ1n) is 7.13. The molecule has 25 heavy (non-hydrogen) atoms. The molecule has 0 unspecified atom stereocenters. The standard InChI is InChI=1S/C13H19N3O7S2/c1-22-10-3-5-11(6-4-10)25(20,21)16-8-7-15(24(2,18)19)9-12(16)23-13(14)17/h3-6,12H,7-9H2,1-2H3,(H2,14,17)/t12-/m1/s1. The number of piperazine rings is 1. The number of sulfonamides is 2. The normalized spacial score (nSPS) is 20.2. The first-order chi connectivity index (χ1) is 11.6. The lowest BCUT2D eigenvalue weighted by Gasteiger charge is -2.38. The number of rotatable bonds is 5. The summed E-state index contributed by atoms with van der Waals surface area (Å²) in [6, 6.07) is 5.64. The van der Waals surface area contributed by atoms with Gasteiger partial charge in [0.1, 0.15) is 5.75 Å². The van der Waals surface area contributed by atoms with Gasteiger partial charge >= 0.3 is 6.09 Å². The van der Waals surface area contributed by atoms with Crippen LogP contribution in [0.5, 0.6) is 5.75 Å². The van der Waals surface area contributed by atoms with Gasteiger partial charge < -0.3 is 15.2 Å². The van der Waals surface area contributed by atoms with E-state index in [-0.39, 0.29) is 24.5 Å². The Labute approximate surface area is 146 Å². The SMILES string of the molecule is COc1ccc(S(=O)(=O)N2CCN(S(C)(=O)=O)C[C@H]2OC(N)=O)cc1. The molecule has 0 saturated carbocycles. The molecule has 1 aromatic rings. The highest BCUT2D eigenvalue weighted by Crippen LogP contribution is 2.24. The van der Waals surface area contributed by atoms with Gasteiger partial charge in [0.25, 0.3) is 0 Å². The summed E-state index contributed by atoms with van der Waals surface area (Å²) in [5, 5.41) is 0. The maximum Gasteiger partial charge on any atom is 0.406 e. The van der Waals surface area contributed by atoms with Crippen molar-refractivity contribution in [1.82, 2.24) is 8.61 Å². The maximum absolute atomic E-state index is 12.8. The smallest absolute Gasteiger partial charge is 0.406 e. The second-order valence-corrected chi connectivity index (χ2v) is 9.18. The molecule has 1 atom stereocenters. The van der Waals surface area contributed by atoms with Crippen LogP contribution in [0.15, 0.2) is 29.2 Å². The largest absolute Gasteiger partial charge is 0.497 e. The van der Waals surface area contributed by atoms with Crippen molar-refractivity contribution in [3.8, 4) is 5.75 Å². The lowest BCUT2D eigenvalue weighted by Crippen LogP contribution is -2.57. The Hall–Kier alpha value is -1.89. The topological polar surface area (TPSA) is 136 Å². The zero-order valence-corrected chi connectivity index (χ0v) is 15.3. The Morgan fingerprint density at radius 3 is 2.24 bits per heavy atom. The Morgan fingerprint density at radius 1 is 1.16 bits per heavy atom. The van der Waals surface area contributed by atoms with E-state index in [1.165, 1.54) is 31.4 Å². The van der Waals surface area contributed by atoms with E-state index in [1.807, 2.05) is 0 Å². The fourth-order valence-corrected chi connectivity index (χ4v) is 4.70. The molecule has 140 valence electrons. The highest BCUT2D eigenvalue weighted by Gasteiger charge is 2.40. The minimum atomic E-state index is -4.03. The lowest BCUT2D eigenvalue weighted by atomic mass is 10.3. The average Bonchev–Trinajstić information content (AvgIpc) is 2.53. The van der Waals surface area contributed by atoms with Crippen LogP contribution in [0.4, 0.5) is 4.79 Å². The molecule has 2 rings (SSSR count). The molecular formula is C13H19N3O7S2. The minimum absolute atomic E-state index is 0.0424. The predicted molar refractivity (Wildman–Crippen MR) is 87.8 cm³/mol. The van der Waals surface area contributed by atoms with Crippen LogP contribution in [-0.4, -0.2) is 70.8 Å². The number of ether oxygens (including phenoxy) is 2. The fourth-order valence-electron chi connectivity index (χ4n) is 2.40. The number of amides is 1. The van der Waals surface area contributed by atoms with Gasteiger partial charge in [0.05, 0.1) is 24.8 Å². The number of nitrogens with two attached hydrogens (primary N) is 1. The second kappa shape index (κ2) is 7.15. The number of hydrogen-bond acceptors (Lipinski definition) is 7. The molecular weight excluding hydrogens is 374 g/mol. The summed E-state index contributed by atoms with van der Waals surface area (Å²) in [6.45, 7) is -0.580. The van der Waals surface area contributed by atoms with Crippen LogP contribution < -0.4 is 10.5 Å². The van der Waals surface area contributed by atoms with Gasteiger partial charge in [0.2, 0.25) is 20.0 Å². The van der Waals surface area contributed by atoms with Crippen molar-refractivity contribution in [2.24, 2.45) is 5.73 Å². The van der Waals surface area contributed by atoms with Gasteiger partial charge in [0, 0.05) is 13.1 Å². The van der Waals surface area contributed by atoms with Crippen LogP contribution >= 0.6 is 0 Å². The second-order valence-electron chi connectivity index (χ2n) is 5.30. The number of hydrogen-bond donors (Lipinski definition) is 1. The van der Waals surface area contributed by atoms with Crippen molar-refractivity contribution in [1.29, 1.82) is 0 Å². The molecule has 1 aliphatic heterocycles. The number of methoxy groups -OCH3 is 1. The third-order valence-corrected chi connectivity index (χ3v) is 6.81. The van der Waals surface area contributed by atoms with Crippen molar-refractivity contribution in [2.45, 2.75) is 11.1 Å². The van der Waals surface area contributed by atoms with Crippen molar-refractivity contribution in [3.63, 3.8) is 0 Å². The third kappa shape index (κ3) is 4.39. The molecule has 12 heteroatoms. The van der Waals surface area contributed by atoms with Gasteiger partial charge in [-0.2, -0.15) is 8.61 Å². The third-order valence-electron chi connectivity index (χ3n) is 3.64. The molecule has 0 radical (unpaired) electrons. The Balaban J connectivity index is 2.34. The van der Waals surface area contributed by atoms with Crippen LogP contribution in [0, 0.1) is 0 Å². The molecule has 1 aromatic carbocycles. The van der Waals surface area contributed by atoms with Gasteiger partial charge in [0.15, 0.2) is 6.23 Å². The van der Waals surface area contributed by atoms with Crippen LogP contribution in [0.25, 0.3) is 0 Å². The zero-order valence-electron chi connectivity index (χ0n) is 13.7. The first-order valence-corrected chi connectivity index (χ1v) is 10.4. The van der Waals surface area contributed by atoms with Gasteiger partial charge in [-0.25, -0.2) is 21.6 Å². The van der Waals surface area contributed by atoms with Gasteiger partial charge in [-0.05, 0) is 24.3 Å². The number of carbonyl (C=O) groups is 1. The summed E-state index contributed by atoms with van der Waals surface area (Å²) in [5.41, 5.74) is 4.99. The Morgan fingerprint density at radius 2 is 1.76 bits per heavy atom. The highest BCUT2D eigenvalue weighted by atomic mass is 32.2. The number of nitrogens with zero attached hydrogens (tertiary/aromatic N) is 2. The first kappa shape index (κ1) is 19.4. The van der Waals surface area contributed by atoms with Gasteiger partial charge in [-0.3, -0.25) is 0 Å². The van der Waals surface area contributed by atoms with E-state index >= 15 is 0 Å².